The number of nitriles is 1. The standard InChI is InChI=1S/C16H22N2O3/c1-3-8-18(16(19)13-21-10-9-20-2)12-15-6-4-14(11-17)5-7-15/h4-7H,3,8-10,12-13H2,1-2H3. The maximum Gasteiger partial charge on any atom is 0.248 e. The normalized spacial score (nSPS) is 10.1. The van der Waals surface area contributed by atoms with Gasteiger partial charge in [-0.05, 0) is 24.1 Å². The molecule has 0 saturated heterocycles. The molecule has 0 bridgehead atoms. The molecule has 0 aromatic heterocycles. The SMILES string of the molecule is CCCN(Cc1ccc(C#N)cc1)C(=O)COCCOC. The first-order valence-electron chi connectivity index (χ1n) is 7.04. The van der Waals surface area contributed by atoms with Crippen molar-refractivity contribution in [2.45, 2.75) is 19.9 Å². The maximum absolute atomic E-state index is 12.1. The van der Waals surface area contributed by atoms with E-state index in [4.69, 9.17) is 14.7 Å². The summed E-state index contributed by atoms with van der Waals surface area (Å²) in [5.74, 6) is -0.0303. The van der Waals surface area contributed by atoms with Crippen LogP contribution in [0.1, 0.15) is 24.5 Å². The van der Waals surface area contributed by atoms with Gasteiger partial charge in [-0.2, -0.15) is 5.26 Å². The molecule has 0 radical (unpaired) electrons. The summed E-state index contributed by atoms with van der Waals surface area (Å²) in [5, 5.41) is 8.78. The zero-order chi connectivity index (χ0) is 15.5. The summed E-state index contributed by atoms with van der Waals surface area (Å²) in [6.45, 7) is 4.22. The Kier molecular flexibility index (Phi) is 8.10. The highest BCUT2D eigenvalue weighted by Crippen LogP contribution is 2.08. The van der Waals surface area contributed by atoms with Crippen LogP contribution in [0.4, 0.5) is 0 Å². The number of methoxy groups -OCH3 is 1. The van der Waals surface area contributed by atoms with Crippen LogP contribution in [0.25, 0.3) is 0 Å². The molecule has 5 heteroatoms. The summed E-state index contributed by atoms with van der Waals surface area (Å²) in [5.41, 5.74) is 1.63. The van der Waals surface area contributed by atoms with Crippen LogP contribution in [0, 0.1) is 11.3 Å². The van der Waals surface area contributed by atoms with E-state index in [-0.39, 0.29) is 12.5 Å². The lowest BCUT2D eigenvalue weighted by Crippen LogP contribution is -2.34. The van der Waals surface area contributed by atoms with Gasteiger partial charge >= 0.3 is 0 Å². The van der Waals surface area contributed by atoms with Crippen LogP contribution >= 0.6 is 0 Å². The molecule has 0 fully saturated rings. The zero-order valence-corrected chi connectivity index (χ0v) is 12.7. The smallest absolute Gasteiger partial charge is 0.248 e. The van der Waals surface area contributed by atoms with Crippen molar-refractivity contribution in [1.82, 2.24) is 4.90 Å². The molecule has 0 aliphatic heterocycles. The third-order valence-electron chi connectivity index (χ3n) is 2.96. The van der Waals surface area contributed by atoms with E-state index in [2.05, 4.69) is 6.07 Å². The molecule has 0 atom stereocenters. The second-order valence-electron chi connectivity index (χ2n) is 4.67. The maximum atomic E-state index is 12.1. The molecule has 21 heavy (non-hydrogen) atoms. The number of hydrogen-bond acceptors (Lipinski definition) is 4. The molecule has 5 nitrogen and oxygen atoms in total. The van der Waals surface area contributed by atoms with Crippen molar-refractivity contribution in [1.29, 1.82) is 5.26 Å². The molecule has 0 N–H and O–H groups in total. The summed E-state index contributed by atoms with van der Waals surface area (Å²) in [6, 6.07) is 9.36. The number of benzene rings is 1. The van der Waals surface area contributed by atoms with E-state index in [1.54, 1.807) is 24.1 Å². The van der Waals surface area contributed by atoms with Crippen LogP contribution in [0.5, 0.6) is 0 Å². The average molecular weight is 290 g/mol. The average Bonchev–Trinajstić information content (AvgIpc) is 2.51. The van der Waals surface area contributed by atoms with Gasteiger partial charge in [-0.3, -0.25) is 4.79 Å². The first-order chi connectivity index (χ1) is 10.2. The summed E-state index contributed by atoms with van der Waals surface area (Å²) in [4.78, 5) is 13.9. The topological polar surface area (TPSA) is 62.6 Å². The number of carbonyl (C=O) groups excluding carboxylic acids is 1. The van der Waals surface area contributed by atoms with E-state index < -0.39 is 0 Å². The monoisotopic (exact) mass is 290 g/mol. The second kappa shape index (κ2) is 9.92. The molecule has 0 saturated carbocycles. The fraction of sp³-hybridized carbons (Fsp3) is 0.500. The van der Waals surface area contributed by atoms with E-state index in [9.17, 15) is 4.79 Å². The molecular formula is C16H22N2O3. The minimum absolute atomic E-state index is 0.0303. The Bertz CT molecular complexity index is 465. The van der Waals surface area contributed by atoms with Gasteiger partial charge in [0, 0.05) is 20.2 Å². The van der Waals surface area contributed by atoms with Crippen molar-refractivity contribution in [3.63, 3.8) is 0 Å². The number of nitrogens with zero attached hydrogens (tertiary/aromatic N) is 2. The lowest BCUT2D eigenvalue weighted by Gasteiger charge is -2.22. The fourth-order valence-electron chi connectivity index (χ4n) is 1.86. The Labute approximate surface area is 126 Å². The van der Waals surface area contributed by atoms with Gasteiger partial charge in [-0.25, -0.2) is 0 Å². The summed E-state index contributed by atoms with van der Waals surface area (Å²) in [7, 11) is 1.60. The van der Waals surface area contributed by atoms with Crippen molar-refractivity contribution in [2.24, 2.45) is 0 Å². The van der Waals surface area contributed by atoms with Gasteiger partial charge in [-0.15, -0.1) is 0 Å². The minimum atomic E-state index is -0.0303. The van der Waals surface area contributed by atoms with Gasteiger partial charge < -0.3 is 14.4 Å². The Balaban J connectivity index is 2.55. The quantitative estimate of drug-likeness (QED) is 0.652. The van der Waals surface area contributed by atoms with Crippen molar-refractivity contribution < 1.29 is 14.3 Å². The van der Waals surface area contributed by atoms with E-state index in [0.29, 0.717) is 31.9 Å². The largest absolute Gasteiger partial charge is 0.382 e. The highest BCUT2D eigenvalue weighted by atomic mass is 16.5. The van der Waals surface area contributed by atoms with Gasteiger partial charge in [0.05, 0.1) is 24.8 Å². The minimum Gasteiger partial charge on any atom is -0.382 e. The van der Waals surface area contributed by atoms with Gasteiger partial charge in [0.25, 0.3) is 0 Å². The van der Waals surface area contributed by atoms with Crippen molar-refractivity contribution in [3.8, 4) is 6.07 Å². The van der Waals surface area contributed by atoms with Gasteiger partial charge in [-0.1, -0.05) is 19.1 Å². The molecular weight excluding hydrogens is 268 g/mol. The first-order valence-corrected chi connectivity index (χ1v) is 7.04. The van der Waals surface area contributed by atoms with Gasteiger partial charge in [0.15, 0.2) is 0 Å². The number of hydrogen-bond donors (Lipinski definition) is 0. The third kappa shape index (κ3) is 6.39. The third-order valence-corrected chi connectivity index (χ3v) is 2.96. The highest BCUT2D eigenvalue weighted by molar-refractivity contribution is 5.77. The Hall–Kier alpha value is -1.90. The van der Waals surface area contributed by atoms with Crippen LogP contribution < -0.4 is 0 Å². The predicted molar refractivity (Wildman–Crippen MR) is 79.6 cm³/mol. The van der Waals surface area contributed by atoms with Crippen LogP contribution in [0.3, 0.4) is 0 Å². The first kappa shape index (κ1) is 17.2. The van der Waals surface area contributed by atoms with Gasteiger partial charge in [0.2, 0.25) is 5.91 Å². The molecule has 0 spiro atoms. The molecule has 0 unspecified atom stereocenters. The summed E-state index contributed by atoms with van der Waals surface area (Å²) >= 11 is 0. The van der Waals surface area contributed by atoms with Crippen molar-refractivity contribution in [3.05, 3.63) is 35.4 Å². The number of carbonyl (C=O) groups is 1. The van der Waals surface area contributed by atoms with Crippen LogP contribution in [0.15, 0.2) is 24.3 Å². The fourth-order valence-corrected chi connectivity index (χ4v) is 1.86. The molecule has 0 aliphatic carbocycles. The summed E-state index contributed by atoms with van der Waals surface area (Å²) < 4.78 is 10.2. The molecule has 0 heterocycles. The molecule has 1 amide bonds. The molecule has 0 aliphatic rings. The highest BCUT2D eigenvalue weighted by Gasteiger charge is 2.13. The lowest BCUT2D eigenvalue weighted by atomic mass is 10.1. The summed E-state index contributed by atoms with van der Waals surface area (Å²) in [6.07, 6.45) is 0.889. The Morgan fingerprint density at radius 2 is 2.00 bits per heavy atom. The molecule has 1 aromatic rings. The molecule has 1 aromatic carbocycles. The van der Waals surface area contributed by atoms with E-state index in [1.165, 1.54) is 0 Å². The lowest BCUT2D eigenvalue weighted by molar-refractivity contribution is -0.137. The Morgan fingerprint density at radius 1 is 1.29 bits per heavy atom. The van der Waals surface area contributed by atoms with Crippen molar-refractivity contribution in [2.75, 3.05) is 33.5 Å². The second-order valence-corrected chi connectivity index (χ2v) is 4.67. The number of ether oxygens (including phenoxy) is 2. The van der Waals surface area contributed by atoms with E-state index in [0.717, 1.165) is 12.0 Å². The van der Waals surface area contributed by atoms with Crippen LogP contribution in [-0.4, -0.2) is 44.3 Å². The van der Waals surface area contributed by atoms with Gasteiger partial charge in [0.1, 0.15) is 6.61 Å². The van der Waals surface area contributed by atoms with Crippen LogP contribution in [0.2, 0.25) is 0 Å². The molecule has 1 rings (SSSR count). The van der Waals surface area contributed by atoms with Crippen LogP contribution in [-0.2, 0) is 20.8 Å². The van der Waals surface area contributed by atoms with E-state index >= 15 is 0 Å². The number of amides is 1. The molecule has 114 valence electrons. The Morgan fingerprint density at radius 3 is 2.57 bits per heavy atom. The zero-order valence-electron chi connectivity index (χ0n) is 12.7. The van der Waals surface area contributed by atoms with E-state index in [1.807, 2.05) is 19.1 Å². The number of rotatable bonds is 9. The predicted octanol–water partition coefficient (Wildman–Crippen LogP) is 1.96. The van der Waals surface area contributed by atoms with Crippen molar-refractivity contribution >= 4 is 5.91 Å².